The van der Waals surface area contributed by atoms with Crippen molar-refractivity contribution in [2.24, 2.45) is 0 Å². The molecule has 86 valence electrons. The van der Waals surface area contributed by atoms with Gasteiger partial charge in [0.15, 0.2) is 12.2 Å². The van der Waals surface area contributed by atoms with Crippen molar-refractivity contribution in [3.63, 3.8) is 0 Å². The highest BCUT2D eigenvalue weighted by molar-refractivity contribution is 5.62. The zero-order valence-corrected chi connectivity index (χ0v) is 9.83. The van der Waals surface area contributed by atoms with Crippen LogP contribution < -0.4 is 5.32 Å². The quantitative estimate of drug-likeness (QED) is 0.860. The number of aryl methyl sites for hydroxylation is 2. The maximum atomic E-state index is 5.49. The fourth-order valence-electron chi connectivity index (χ4n) is 1.71. The Kier molecular flexibility index (Phi) is 3.10. The summed E-state index contributed by atoms with van der Waals surface area (Å²) in [4.78, 5) is 4.21. The molecule has 0 aliphatic heterocycles. The van der Waals surface area contributed by atoms with Gasteiger partial charge in [0.2, 0.25) is 0 Å². The van der Waals surface area contributed by atoms with Gasteiger partial charge in [-0.25, -0.2) is 4.98 Å². The van der Waals surface area contributed by atoms with Crippen LogP contribution in [-0.4, -0.2) is 11.5 Å². The first-order valence-electron chi connectivity index (χ1n) is 5.42. The van der Waals surface area contributed by atoms with Gasteiger partial charge in [0.1, 0.15) is 17.2 Å². The number of rotatable bonds is 4. The minimum atomic E-state index is 0.714. The van der Waals surface area contributed by atoms with E-state index < -0.39 is 0 Å². The molecule has 4 nitrogen and oxygen atoms in total. The van der Waals surface area contributed by atoms with Gasteiger partial charge in [0, 0.05) is 6.54 Å². The number of nitrogens with zero attached hydrogens (tertiary/aromatic N) is 1. The second kappa shape index (κ2) is 4.53. The molecule has 4 heteroatoms. The number of hydrogen-bond acceptors (Lipinski definition) is 4. The number of hydrogen-bond donors (Lipinski definition) is 1. The maximum Gasteiger partial charge on any atom is 0.181 e. The molecule has 2 aromatic heterocycles. The summed E-state index contributed by atoms with van der Waals surface area (Å²) < 4.78 is 10.9. The molecule has 16 heavy (non-hydrogen) atoms. The van der Waals surface area contributed by atoms with Crippen molar-refractivity contribution in [3.05, 3.63) is 29.7 Å². The molecule has 2 heterocycles. The van der Waals surface area contributed by atoms with E-state index in [1.807, 2.05) is 19.9 Å². The highest BCUT2D eigenvalue weighted by atomic mass is 16.4. The molecular formula is C12H16N2O2. The Balaban J connectivity index is 2.33. The first-order chi connectivity index (χ1) is 7.72. The standard InChI is InChI=1S/C12H16N2O2/c1-4-13-6-11-12(15-7-14-11)10-5-8(2)16-9(10)3/h5,7,13H,4,6H2,1-3H3. The number of aromatic nitrogens is 1. The third kappa shape index (κ3) is 2.02. The van der Waals surface area contributed by atoms with E-state index in [0.717, 1.165) is 35.1 Å². The second-order valence-electron chi connectivity index (χ2n) is 3.74. The molecular weight excluding hydrogens is 204 g/mol. The lowest BCUT2D eigenvalue weighted by Gasteiger charge is -2.00. The lowest BCUT2D eigenvalue weighted by molar-refractivity contribution is 0.503. The van der Waals surface area contributed by atoms with Gasteiger partial charge in [-0.2, -0.15) is 0 Å². The van der Waals surface area contributed by atoms with Crippen LogP contribution >= 0.6 is 0 Å². The summed E-state index contributed by atoms with van der Waals surface area (Å²) in [5.74, 6) is 2.56. The van der Waals surface area contributed by atoms with E-state index in [1.54, 1.807) is 0 Å². The van der Waals surface area contributed by atoms with Crippen LogP contribution in [0, 0.1) is 13.8 Å². The number of oxazole rings is 1. The van der Waals surface area contributed by atoms with Gasteiger partial charge >= 0.3 is 0 Å². The van der Waals surface area contributed by atoms with Gasteiger partial charge < -0.3 is 14.2 Å². The Bertz CT molecular complexity index is 471. The van der Waals surface area contributed by atoms with Crippen LogP contribution in [0.5, 0.6) is 0 Å². The fraction of sp³-hybridized carbons (Fsp3) is 0.417. The normalized spacial score (nSPS) is 10.9. The largest absolute Gasteiger partial charge is 0.466 e. The van der Waals surface area contributed by atoms with Crippen molar-refractivity contribution in [1.82, 2.24) is 10.3 Å². The monoisotopic (exact) mass is 220 g/mol. The third-order valence-electron chi connectivity index (χ3n) is 2.47. The SMILES string of the molecule is CCNCc1ncoc1-c1cc(C)oc1C. The minimum Gasteiger partial charge on any atom is -0.466 e. The Morgan fingerprint density at radius 2 is 2.19 bits per heavy atom. The van der Waals surface area contributed by atoms with Crippen molar-refractivity contribution in [3.8, 4) is 11.3 Å². The molecule has 0 radical (unpaired) electrons. The molecule has 1 N–H and O–H groups in total. The predicted molar refractivity (Wildman–Crippen MR) is 61.1 cm³/mol. The van der Waals surface area contributed by atoms with Gasteiger partial charge in [0.05, 0.1) is 5.56 Å². The van der Waals surface area contributed by atoms with Crippen molar-refractivity contribution in [1.29, 1.82) is 0 Å². The molecule has 0 spiro atoms. The minimum absolute atomic E-state index is 0.714. The number of nitrogens with one attached hydrogen (secondary N) is 1. The summed E-state index contributed by atoms with van der Waals surface area (Å²) in [7, 11) is 0. The first-order valence-corrected chi connectivity index (χ1v) is 5.42. The predicted octanol–water partition coefficient (Wildman–Crippen LogP) is 2.66. The lowest BCUT2D eigenvalue weighted by Crippen LogP contribution is -2.12. The molecule has 0 atom stereocenters. The maximum absolute atomic E-state index is 5.49. The fourth-order valence-corrected chi connectivity index (χ4v) is 1.71. The van der Waals surface area contributed by atoms with Crippen LogP contribution in [0.15, 0.2) is 21.3 Å². The van der Waals surface area contributed by atoms with E-state index >= 15 is 0 Å². The Hall–Kier alpha value is -1.55. The summed E-state index contributed by atoms with van der Waals surface area (Å²) in [6.45, 7) is 7.55. The highest BCUT2D eigenvalue weighted by Gasteiger charge is 2.15. The van der Waals surface area contributed by atoms with Crippen molar-refractivity contribution in [2.75, 3.05) is 6.54 Å². The van der Waals surface area contributed by atoms with Gasteiger partial charge in [-0.05, 0) is 26.5 Å². The molecule has 0 unspecified atom stereocenters. The molecule has 2 aromatic rings. The summed E-state index contributed by atoms with van der Waals surface area (Å²) >= 11 is 0. The topological polar surface area (TPSA) is 51.2 Å². The molecule has 0 aliphatic rings. The Labute approximate surface area is 94.7 Å². The Morgan fingerprint density at radius 1 is 1.38 bits per heavy atom. The molecule has 2 rings (SSSR count). The van der Waals surface area contributed by atoms with Gasteiger partial charge in [-0.15, -0.1) is 0 Å². The lowest BCUT2D eigenvalue weighted by atomic mass is 10.1. The van der Waals surface area contributed by atoms with E-state index in [0.29, 0.717) is 6.54 Å². The zero-order chi connectivity index (χ0) is 11.5. The molecule has 0 fully saturated rings. The van der Waals surface area contributed by atoms with Crippen molar-refractivity contribution >= 4 is 0 Å². The van der Waals surface area contributed by atoms with Crippen molar-refractivity contribution in [2.45, 2.75) is 27.3 Å². The first kappa shape index (κ1) is 11.0. The number of furan rings is 1. The average Bonchev–Trinajstić information content (AvgIpc) is 2.81. The van der Waals surface area contributed by atoms with Crippen LogP contribution in [0.1, 0.15) is 24.1 Å². The van der Waals surface area contributed by atoms with Crippen molar-refractivity contribution < 1.29 is 8.83 Å². The van der Waals surface area contributed by atoms with E-state index in [9.17, 15) is 0 Å². The van der Waals surface area contributed by atoms with Gasteiger partial charge in [0.25, 0.3) is 0 Å². The highest BCUT2D eigenvalue weighted by Crippen LogP contribution is 2.28. The molecule has 0 bridgehead atoms. The van der Waals surface area contributed by atoms with Gasteiger partial charge in [-0.1, -0.05) is 6.92 Å². The molecule has 0 saturated heterocycles. The van der Waals surface area contributed by atoms with E-state index in [1.165, 1.54) is 6.39 Å². The molecule has 0 aromatic carbocycles. The van der Waals surface area contributed by atoms with Crippen LogP contribution in [0.4, 0.5) is 0 Å². The second-order valence-corrected chi connectivity index (χ2v) is 3.74. The average molecular weight is 220 g/mol. The summed E-state index contributed by atoms with van der Waals surface area (Å²) in [5, 5.41) is 3.23. The zero-order valence-electron chi connectivity index (χ0n) is 9.83. The van der Waals surface area contributed by atoms with Crippen LogP contribution in [0.2, 0.25) is 0 Å². The summed E-state index contributed by atoms with van der Waals surface area (Å²) in [6, 6.07) is 1.98. The third-order valence-corrected chi connectivity index (χ3v) is 2.47. The van der Waals surface area contributed by atoms with Crippen LogP contribution in [-0.2, 0) is 6.54 Å². The van der Waals surface area contributed by atoms with Crippen LogP contribution in [0.3, 0.4) is 0 Å². The van der Waals surface area contributed by atoms with Crippen LogP contribution in [0.25, 0.3) is 11.3 Å². The molecule has 0 saturated carbocycles. The van der Waals surface area contributed by atoms with E-state index in [-0.39, 0.29) is 0 Å². The summed E-state index contributed by atoms with van der Waals surface area (Å²) in [6.07, 6.45) is 1.48. The van der Waals surface area contributed by atoms with E-state index in [4.69, 9.17) is 8.83 Å². The molecule has 0 amide bonds. The molecule has 0 aliphatic carbocycles. The van der Waals surface area contributed by atoms with E-state index in [2.05, 4.69) is 17.2 Å². The van der Waals surface area contributed by atoms with Gasteiger partial charge in [-0.3, -0.25) is 0 Å². The summed E-state index contributed by atoms with van der Waals surface area (Å²) in [5.41, 5.74) is 1.91. The Morgan fingerprint density at radius 3 is 2.81 bits per heavy atom. The smallest absolute Gasteiger partial charge is 0.181 e.